The van der Waals surface area contributed by atoms with Crippen molar-refractivity contribution in [2.24, 2.45) is 0 Å². The van der Waals surface area contributed by atoms with Crippen molar-refractivity contribution < 1.29 is 9.15 Å². The Bertz CT molecular complexity index is 224. The SMILES string of the molecule is C.C.C[N+]1=CCC=C1.C[N+]1=CCC=C1. The molecular formula is C12H24N2+2. The summed E-state index contributed by atoms with van der Waals surface area (Å²) in [5, 5.41) is 0. The van der Waals surface area contributed by atoms with Crippen LogP contribution < -0.4 is 0 Å². The summed E-state index contributed by atoms with van der Waals surface area (Å²) in [6, 6.07) is 0. The van der Waals surface area contributed by atoms with Crippen molar-refractivity contribution in [1.82, 2.24) is 0 Å². The molecule has 0 spiro atoms. The number of hydrogen-bond donors (Lipinski definition) is 0. The maximum Gasteiger partial charge on any atom is 0.164 e. The highest BCUT2D eigenvalue weighted by atomic mass is 14.9. The zero-order valence-corrected chi connectivity index (χ0v) is 7.77. The molecule has 0 aromatic heterocycles. The molecule has 0 aliphatic carbocycles. The Kier molecular flexibility index (Phi) is 9.20. The Balaban J connectivity index is 0. The van der Waals surface area contributed by atoms with Crippen molar-refractivity contribution in [3.05, 3.63) is 24.6 Å². The highest BCUT2D eigenvalue weighted by Crippen LogP contribution is 1.86. The van der Waals surface area contributed by atoms with E-state index in [4.69, 9.17) is 0 Å². The van der Waals surface area contributed by atoms with Crippen LogP contribution >= 0.6 is 0 Å². The first-order chi connectivity index (χ1) is 5.79. The predicted octanol–water partition coefficient (Wildman–Crippen LogP) is 2.51. The van der Waals surface area contributed by atoms with E-state index in [1.165, 1.54) is 0 Å². The molecule has 0 aromatic rings. The molecule has 0 N–H and O–H groups in total. The smallest absolute Gasteiger partial charge is 0.164 e. The average molecular weight is 196 g/mol. The second-order valence-corrected chi connectivity index (χ2v) is 2.94. The van der Waals surface area contributed by atoms with Crippen molar-refractivity contribution in [2.75, 3.05) is 14.1 Å². The Morgan fingerprint density at radius 3 is 1.21 bits per heavy atom. The van der Waals surface area contributed by atoms with Crippen LogP contribution in [0.1, 0.15) is 27.7 Å². The summed E-state index contributed by atoms with van der Waals surface area (Å²) in [6.07, 6.45) is 14.8. The summed E-state index contributed by atoms with van der Waals surface area (Å²) in [6.45, 7) is 0. The summed E-state index contributed by atoms with van der Waals surface area (Å²) in [7, 11) is 4.06. The molecule has 0 atom stereocenters. The molecule has 2 nitrogen and oxygen atoms in total. The largest absolute Gasteiger partial charge is 0.212 e. The highest BCUT2D eigenvalue weighted by molar-refractivity contribution is 5.55. The predicted molar refractivity (Wildman–Crippen MR) is 65.5 cm³/mol. The van der Waals surface area contributed by atoms with Gasteiger partial charge in [0, 0.05) is 12.8 Å². The number of nitrogens with zero attached hydrogens (tertiary/aromatic N) is 2. The highest BCUT2D eigenvalue weighted by Gasteiger charge is 1.92. The van der Waals surface area contributed by atoms with Crippen LogP contribution in [0.5, 0.6) is 0 Å². The molecule has 0 saturated carbocycles. The van der Waals surface area contributed by atoms with E-state index in [2.05, 4.69) is 46.1 Å². The molecule has 80 valence electrons. The normalized spacial score (nSPS) is 15.9. The fourth-order valence-corrected chi connectivity index (χ4v) is 1.03. The van der Waals surface area contributed by atoms with Gasteiger partial charge in [-0.1, -0.05) is 14.9 Å². The monoisotopic (exact) mass is 196 g/mol. The van der Waals surface area contributed by atoms with E-state index < -0.39 is 0 Å². The van der Waals surface area contributed by atoms with Crippen molar-refractivity contribution in [3.63, 3.8) is 0 Å². The van der Waals surface area contributed by atoms with Gasteiger partial charge in [-0.25, -0.2) is 9.15 Å². The third-order valence-corrected chi connectivity index (χ3v) is 1.74. The van der Waals surface area contributed by atoms with Gasteiger partial charge >= 0.3 is 0 Å². The molecule has 2 rings (SSSR count). The lowest BCUT2D eigenvalue weighted by Gasteiger charge is -1.69. The Labute approximate surface area is 88.6 Å². The summed E-state index contributed by atoms with van der Waals surface area (Å²) >= 11 is 0. The molecule has 0 amide bonds. The summed E-state index contributed by atoms with van der Waals surface area (Å²) < 4.78 is 4.11. The van der Waals surface area contributed by atoms with Crippen LogP contribution in [0.15, 0.2) is 24.6 Å². The lowest BCUT2D eigenvalue weighted by molar-refractivity contribution is -0.413. The summed E-state index contributed by atoms with van der Waals surface area (Å²) in [4.78, 5) is 0. The van der Waals surface area contributed by atoms with Crippen LogP contribution in [0.2, 0.25) is 0 Å². The van der Waals surface area contributed by atoms with Gasteiger partial charge in [0.05, 0.1) is 0 Å². The van der Waals surface area contributed by atoms with Crippen LogP contribution in [-0.2, 0) is 0 Å². The van der Waals surface area contributed by atoms with Gasteiger partial charge in [0.1, 0.15) is 26.5 Å². The van der Waals surface area contributed by atoms with Gasteiger partial charge < -0.3 is 0 Å². The molecule has 0 fully saturated rings. The Morgan fingerprint density at radius 1 is 0.786 bits per heavy atom. The van der Waals surface area contributed by atoms with E-state index in [-0.39, 0.29) is 14.9 Å². The maximum atomic E-state index is 2.12. The van der Waals surface area contributed by atoms with Crippen molar-refractivity contribution in [3.8, 4) is 0 Å². The quantitative estimate of drug-likeness (QED) is 0.525. The van der Waals surface area contributed by atoms with Crippen LogP contribution in [-0.4, -0.2) is 35.7 Å². The zero-order chi connectivity index (χ0) is 8.81. The van der Waals surface area contributed by atoms with Gasteiger partial charge in [-0.15, -0.1) is 0 Å². The van der Waals surface area contributed by atoms with Gasteiger partial charge in [-0.05, 0) is 12.2 Å². The lowest BCUT2D eigenvalue weighted by Crippen LogP contribution is -1.88. The zero-order valence-electron chi connectivity index (χ0n) is 7.77. The van der Waals surface area contributed by atoms with Crippen molar-refractivity contribution in [1.29, 1.82) is 0 Å². The van der Waals surface area contributed by atoms with E-state index in [0.717, 1.165) is 12.8 Å². The molecule has 0 bridgehead atoms. The molecule has 0 radical (unpaired) electrons. The number of rotatable bonds is 0. The second kappa shape index (κ2) is 8.42. The van der Waals surface area contributed by atoms with Crippen molar-refractivity contribution >= 4 is 12.4 Å². The van der Waals surface area contributed by atoms with Crippen LogP contribution in [0.3, 0.4) is 0 Å². The van der Waals surface area contributed by atoms with Gasteiger partial charge in [0.25, 0.3) is 0 Å². The van der Waals surface area contributed by atoms with E-state index in [0.29, 0.717) is 0 Å². The number of hydrogen-bond acceptors (Lipinski definition) is 0. The van der Waals surface area contributed by atoms with Gasteiger partial charge in [0.2, 0.25) is 0 Å². The minimum Gasteiger partial charge on any atom is -0.212 e. The van der Waals surface area contributed by atoms with Crippen LogP contribution in [0.4, 0.5) is 0 Å². The lowest BCUT2D eigenvalue weighted by atomic mass is 10.5. The van der Waals surface area contributed by atoms with E-state index >= 15 is 0 Å². The Morgan fingerprint density at radius 2 is 1.14 bits per heavy atom. The molecule has 0 unspecified atom stereocenters. The summed E-state index contributed by atoms with van der Waals surface area (Å²) in [5.41, 5.74) is 0. The van der Waals surface area contributed by atoms with Crippen LogP contribution in [0, 0.1) is 0 Å². The Hall–Kier alpha value is -1.18. The molecule has 2 heterocycles. The van der Waals surface area contributed by atoms with Gasteiger partial charge in [0.15, 0.2) is 12.4 Å². The van der Waals surface area contributed by atoms with Gasteiger partial charge in [-0.3, -0.25) is 0 Å². The second-order valence-electron chi connectivity index (χ2n) is 2.94. The first-order valence-corrected chi connectivity index (χ1v) is 4.23. The van der Waals surface area contributed by atoms with Crippen LogP contribution in [0.25, 0.3) is 0 Å². The minimum absolute atomic E-state index is 0. The average Bonchev–Trinajstić information content (AvgIpc) is 2.63. The third-order valence-electron chi connectivity index (χ3n) is 1.74. The minimum atomic E-state index is 0. The topological polar surface area (TPSA) is 6.02 Å². The number of allylic oxidation sites excluding steroid dienone is 2. The molecular weight excluding hydrogens is 172 g/mol. The van der Waals surface area contributed by atoms with E-state index in [9.17, 15) is 0 Å². The summed E-state index contributed by atoms with van der Waals surface area (Å²) in [5.74, 6) is 0. The first-order valence-electron chi connectivity index (χ1n) is 4.23. The molecule has 0 saturated heterocycles. The maximum absolute atomic E-state index is 2.12. The van der Waals surface area contributed by atoms with Crippen molar-refractivity contribution in [2.45, 2.75) is 27.7 Å². The molecule has 2 aliphatic heterocycles. The molecule has 2 heteroatoms. The molecule has 14 heavy (non-hydrogen) atoms. The molecule has 2 aliphatic rings. The van der Waals surface area contributed by atoms with E-state index in [1.54, 1.807) is 0 Å². The fourth-order valence-electron chi connectivity index (χ4n) is 1.03. The first kappa shape index (κ1) is 15.3. The van der Waals surface area contributed by atoms with Gasteiger partial charge in [-0.2, -0.15) is 0 Å². The fraction of sp³-hybridized carbons (Fsp3) is 0.500. The van der Waals surface area contributed by atoms with E-state index in [1.807, 2.05) is 14.1 Å². The molecule has 0 aromatic carbocycles. The standard InChI is InChI=1S/2C5H8N.2CH4/c2*1-6-4-2-3-5-6;;/h2*2,4-5H,3H2,1H3;2*1H4/q2*+1;;. The third kappa shape index (κ3) is 6.35.